The first kappa shape index (κ1) is 21.9. The number of fused-ring (bicyclic) bond motifs is 1. The molecule has 0 saturated heterocycles. The van der Waals surface area contributed by atoms with Crippen LogP contribution in [0, 0.1) is 20.8 Å². The third kappa shape index (κ3) is 4.35. The van der Waals surface area contributed by atoms with Crippen molar-refractivity contribution in [3.8, 4) is 17.0 Å². The molecule has 0 saturated carbocycles. The minimum atomic E-state index is -0.0879. The van der Waals surface area contributed by atoms with Gasteiger partial charge in [-0.1, -0.05) is 18.2 Å². The van der Waals surface area contributed by atoms with E-state index in [4.69, 9.17) is 9.72 Å². The first-order valence-electron chi connectivity index (χ1n) is 9.42. The first-order chi connectivity index (χ1) is 13.9. The van der Waals surface area contributed by atoms with Crippen molar-refractivity contribution in [1.82, 2.24) is 9.38 Å². The molecule has 0 aliphatic carbocycles. The summed E-state index contributed by atoms with van der Waals surface area (Å²) in [7, 11) is 1.60. The molecule has 1 N–H and O–H groups in total. The van der Waals surface area contributed by atoms with Gasteiger partial charge in [0.05, 0.1) is 24.9 Å². The van der Waals surface area contributed by atoms with Gasteiger partial charge in [-0.2, -0.15) is 0 Å². The highest BCUT2D eigenvalue weighted by molar-refractivity contribution is 7.15. The number of thiazole rings is 1. The maximum Gasteiger partial charge on any atom is 0.230 e. The van der Waals surface area contributed by atoms with Crippen molar-refractivity contribution in [3.63, 3.8) is 0 Å². The molecule has 0 radical (unpaired) electrons. The third-order valence-corrected chi connectivity index (χ3v) is 5.95. The van der Waals surface area contributed by atoms with Crippen LogP contribution in [0.15, 0.2) is 48.0 Å². The van der Waals surface area contributed by atoms with Crippen molar-refractivity contribution in [2.45, 2.75) is 27.2 Å². The molecule has 0 atom stereocenters. The monoisotopic (exact) mass is 441 g/mol. The van der Waals surface area contributed by atoms with E-state index in [1.165, 1.54) is 11.1 Å². The fraction of sp³-hybridized carbons (Fsp3) is 0.217. The molecule has 0 spiro atoms. The van der Waals surface area contributed by atoms with Crippen LogP contribution in [0.2, 0.25) is 0 Å². The number of hydrogen-bond donors (Lipinski definition) is 1. The minimum Gasteiger partial charge on any atom is -0.495 e. The van der Waals surface area contributed by atoms with Crippen LogP contribution in [0.25, 0.3) is 16.2 Å². The summed E-state index contributed by atoms with van der Waals surface area (Å²) in [5, 5.41) is 4.95. The Morgan fingerprint density at radius 1 is 1.13 bits per heavy atom. The number of carbonyl (C=O) groups is 1. The van der Waals surface area contributed by atoms with Gasteiger partial charge in [0, 0.05) is 22.8 Å². The number of hydrogen-bond acceptors (Lipinski definition) is 4. The highest BCUT2D eigenvalue weighted by atomic mass is 35.5. The van der Waals surface area contributed by atoms with E-state index in [-0.39, 0.29) is 24.7 Å². The van der Waals surface area contributed by atoms with Gasteiger partial charge in [0.1, 0.15) is 5.75 Å². The number of methoxy groups -OCH3 is 1. The van der Waals surface area contributed by atoms with E-state index in [1.54, 1.807) is 18.4 Å². The van der Waals surface area contributed by atoms with Crippen LogP contribution in [0.1, 0.15) is 22.4 Å². The van der Waals surface area contributed by atoms with Crippen molar-refractivity contribution >= 4 is 40.3 Å². The number of aromatic nitrogens is 2. The first-order valence-corrected chi connectivity index (χ1v) is 10.3. The predicted molar refractivity (Wildman–Crippen MR) is 125 cm³/mol. The normalized spacial score (nSPS) is 10.7. The van der Waals surface area contributed by atoms with Gasteiger partial charge in [0.2, 0.25) is 5.91 Å². The summed E-state index contributed by atoms with van der Waals surface area (Å²) in [6, 6.07) is 12.1. The number of anilines is 1. The molecule has 1 amide bonds. The van der Waals surface area contributed by atoms with Gasteiger partial charge >= 0.3 is 0 Å². The minimum absolute atomic E-state index is 0. The number of halogens is 1. The van der Waals surface area contributed by atoms with Crippen molar-refractivity contribution in [2.24, 2.45) is 0 Å². The molecule has 0 aliphatic heterocycles. The molecule has 2 heterocycles. The molecule has 30 heavy (non-hydrogen) atoms. The molecule has 0 aliphatic rings. The second kappa shape index (κ2) is 8.90. The smallest absolute Gasteiger partial charge is 0.230 e. The van der Waals surface area contributed by atoms with Crippen LogP contribution >= 0.6 is 23.7 Å². The summed E-state index contributed by atoms with van der Waals surface area (Å²) in [6.07, 6.45) is 2.27. The summed E-state index contributed by atoms with van der Waals surface area (Å²) in [5.74, 6) is 0.564. The number of nitrogens with zero attached hydrogens (tertiary/aromatic N) is 2. The standard InChI is InChI=1S/C23H23N3O2S.ClH/c1-14-5-8-21(28-4)19(9-14)24-22(27)11-18-13-29-23-25-20(12-26(18)23)17-7-6-15(2)16(3)10-17;/h5-10,12-13H,11H2,1-4H3,(H,24,27);1H. The average Bonchev–Trinajstić information content (AvgIpc) is 3.26. The summed E-state index contributed by atoms with van der Waals surface area (Å²) < 4.78 is 7.35. The van der Waals surface area contributed by atoms with Gasteiger partial charge in [-0.3, -0.25) is 9.20 Å². The van der Waals surface area contributed by atoms with Gasteiger partial charge in [0.25, 0.3) is 0 Å². The van der Waals surface area contributed by atoms with Crippen LogP contribution in [0.5, 0.6) is 5.75 Å². The lowest BCUT2D eigenvalue weighted by Crippen LogP contribution is -2.16. The van der Waals surface area contributed by atoms with Crippen LogP contribution in [-0.2, 0) is 11.2 Å². The molecule has 5 nitrogen and oxygen atoms in total. The van der Waals surface area contributed by atoms with Crippen molar-refractivity contribution in [3.05, 3.63) is 70.4 Å². The van der Waals surface area contributed by atoms with Crippen molar-refractivity contribution in [2.75, 3.05) is 12.4 Å². The van der Waals surface area contributed by atoms with Crippen molar-refractivity contribution < 1.29 is 9.53 Å². The zero-order valence-corrected chi connectivity index (χ0v) is 19.0. The summed E-state index contributed by atoms with van der Waals surface area (Å²) in [5.41, 5.74) is 7.17. The molecule has 7 heteroatoms. The Morgan fingerprint density at radius 3 is 2.67 bits per heavy atom. The zero-order valence-electron chi connectivity index (χ0n) is 17.4. The fourth-order valence-electron chi connectivity index (χ4n) is 3.27. The highest BCUT2D eigenvalue weighted by Crippen LogP contribution is 2.27. The average molecular weight is 442 g/mol. The Balaban J connectivity index is 0.00000256. The Morgan fingerprint density at radius 2 is 1.93 bits per heavy atom. The van der Waals surface area contributed by atoms with Crippen molar-refractivity contribution in [1.29, 1.82) is 0 Å². The molecule has 0 bridgehead atoms. The molecule has 0 fully saturated rings. The highest BCUT2D eigenvalue weighted by Gasteiger charge is 2.14. The topological polar surface area (TPSA) is 55.6 Å². The summed E-state index contributed by atoms with van der Waals surface area (Å²) in [6.45, 7) is 6.19. The number of nitrogens with one attached hydrogen (secondary N) is 1. The zero-order chi connectivity index (χ0) is 20.5. The van der Waals surface area contributed by atoms with E-state index in [1.807, 2.05) is 41.1 Å². The lowest BCUT2D eigenvalue weighted by molar-refractivity contribution is -0.115. The van der Waals surface area contributed by atoms with Gasteiger partial charge in [-0.05, 0) is 55.7 Å². The number of benzene rings is 2. The van der Waals surface area contributed by atoms with Crippen LogP contribution in [0.4, 0.5) is 5.69 Å². The Labute approximate surface area is 186 Å². The summed E-state index contributed by atoms with van der Waals surface area (Å²) in [4.78, 5) is 18.3. The van der Waals surface area contributed by atoms with Gasteiger partial charge in [-0.15, -0.1) is 23.7 Å². The van der Waals surface area contributed by atoms with Crippen LogP contribution in [-0.4, -0.2) is 22.4 Å². The quantitative estimate of drug-likeness (QED) is 0.438. The SMILES string of the molecule is COc1ccc(C)cc1NC(=O)Cc1csc2nc(-c3ccc(C)c(C)c3)cn12.Cl. The third-order valence-electron chi connectivity index (χ3n) is 5.06. The maximum absolute atomic E-state index is 12.7. The number of ether oxygens (including phenoxy) is 1. The lowest BCUT2D eigenvalue weighted by atomic mass is 10.0. The van der Waals surface area contributed by atoms with E-state index in [0.29, 0.717) is 11.4 Å². The fourth-order valence-corrected chi connectivity index (χ4v) is 4.15. The van der Waals surface area contributed by atoms with E-state index in [2.05, 4.69) is 37.4 Å². The Kier molecular flexibility index (Phi) is 6.48. The van der Waals surface area contributed by atoms with E-state index >= 15 is 0 Å². The van der Waals surface area contributed by atoms with Crippen LogP contribution in [0.3, 0.4) is 0 Å². The maximum atomic E-state index is 12.7. The number of aryl methyl sites for hydroxylation is 3. The van der Waals surface area contributed by atoms with E-state index < -0.39 is 0 Å². The van der Waals surface area contributed by atoms with Gasteiger partial charge in [0.15, 0.2) is 4.96 Å². The largest absolute Gasteiger partial charge is 0.495 e. The molecule has 156 valence electrons. The summed E-state index contributed by atoms with van der Waals surface area (Å²) >= 11 is 1.54. The van der Waals surface area contributed by atoms with Gasteiger partial charge in [-0.25, -0.2) is 4.98 Å². The molecule has 0 unspecified atom stereocenters. The number of amides is 1. The van der Waals surface area contributed by atoms with Gasteiger partial charge < -0.3 is 10.1 Å². The second-order valence-corrected chi connectivity index (χ2v) is 8.07. The molecule has 4 aromatic rings. The second-order valence-electron chi connectivity index (χ2n) is 7.23. The van der Waals surface area contributed by atoms with E-state index in [0.717, 1.165) is 27.5 Å². The molecule has 4 rings (SSSR count). The number of rotatable bonds is 5. The molecule has 2 aromatic carbocycles. The molecule has 2 aromatic heterocycles. The number of imidazole rings is 1. The number of carbonyl (C=O) groups excluding carboxylic acids is 1. The molecular weight excluding hydrogens is 418 g/mol. The predicted octanol–water partition coefficient (Wildman–Crippen LogP) is 5.60. The Bertz CT molecular complexity index is 1210. The lowest BCUT2D eigenvalue weighted by Gasteiger charge is -2.10. The van der Waals surface area contributed by atoms with E-state index in [9.17, 15) is 4.79 Å². The van der Waals surface area contributed by atoms with Crippen LogP contribution < -0.4 is 10.1 Å². The molecular formula is C23H24ClN3O2S. The Hall–Kier alpha value is -2.83.